The van der Waals surface area contributed by atoms with Crippen LogP contribution in [-0.2, 0) is 9.47 Å². The highest BCUT2D eigenvalue weighted by Gasteiger charge is 2.54. The van der Waals surface area contributed by atoms with Crippen LogP contribution in [0.15, 0.2) is 36.4 Å². The fraction of sp³-hybridized carbons (Fsp3) is 0.538. The van der Waals surface area contributed by atoms with Crippen LogP contribution in [0, 0.1) is 0 Å². The Balaban J connectivity index is 1.51. The predicted molar refractivity (Wildman–Crippen MR) is 140 cm³/mol. The number of ether oxygens (including phenoxy) is 4. The van der Waals surface area contributed by atoms with Crippen LogP contribution in [0.25, 0.3) is 11.1 Å². The molecule has 4 rings (SSSR count). The molecule has 14 heteroatoms. The summed E-state index contributed by atoms with van der Waals surface area (Å²) in [4.78, 5) is 0. The molecular formula is C26H32Cl2O12. The van der Waals surface area contributed by atoms with Crippen molar-refractivity contribution in [2.45, 2.75) is 74.3 Å². The van der Waals surface area contributed by atoms with Gasteiger partial charge < -0.3 is 59.8 Å². The van der Waals surface area contributed by atoms with Crippen LogP contribution >= 0.6 is 23.2 Å². The largest absolute Gasteiger partial charge is 0.460 e. The Morgan fingerprint density at radius 2 is 1.05 bits per heavy atom. The summed E-state index contributed by atoms with van der Waals surface area (Å²) >= 11 is 12.8. The maximum absolute atomic E-state index is 10.7. The first-order valence-corrected chi connectivity index (χ1v) is 13.1. The maximum Gasteiger partial charge on any atom is 0.231 e. The van der Waals surface area contributed by atoms with Crippen molar-refractivity contribution in [3.8, 4) is 22.6 Å². The van der Waals surface area contributed by atoms with Crippen molar-refractivity contribution < 1.29 is 59.8 Å². The Kier molecular flexibility index (Phi) is 9.22. The van der Waals surface area contributed by atoms with Crippen molar-refractivity contribution in [2.75, 3.05) is 13.2 Å². The number of benzene rings is 2. The van der Waals surface area contributed by atoms with Gasteiger partial charge in [0.2, 0.25) is 12.6 Å². The second kappa shape index (κ2) is 11.8. The van der Waals surface area contributed by atoms with E-state index >= 15 is 0 Å². The van der Waals surface area contributed by atoms with Crippen LogP contribution < -0.4 is 9.47 Å². The van der Waals surface area contributed by atoms with Gasteiger partial charge in [0.1, 0.15) is 48.1 Å². The van der Waals surface area contributed by atoms with Gasteiger partial charge in [-0.15, -0.1) is 0 Å². The van der Waals surface area contributed by atoms with E-state index in [1.807, 2.05) is 0 Å². The summed E-state index contributed by atoms with van der Waals surface area (Å²) in [5.41, 5.74) is -2.83. The van der Waals surface area contributed by atoms with E-state index < -0.39 is 73.6 Å². The molecule has 2 heterocycles. The molecule has 222 valence electrons. The summed E-state index contributed by atoms with van der Waals surface area (Å²) in [7, 11) is 0. The third-order valence-electron chi connectivity index (χ3n) is 7.18. The SMILES string of the molecule is C[C@]1(O)C(O)[C@H](O)C(CO)O[C@@H]1Oc1ccc(-c2ccc(O[C@H]3OC(CO)[C@@H](O)C(O)[C@]3(C)O)c(Cl)c2)cc1Cl. The molecule has 2 aromatic rings. The molecule has 40 heavy (non-hydrogen) atoms. The molecule has 0 aliphatic carbocycles. The summed E-state index contributed by atoms with van der Waals surface area (Å²) < 4.78 is 22.3. The van der Waals surface area contributed by atoms with Crippen molar-refractivity contribution in [3.05, 3.63) is 46.4 Å². The van der Waals surface area contributed by atoms with Crippen LogP contribution in [0.4, 0.5) is 0 Å². The van der Waals surface area contributed by atoms with Crippen LogP contribution in [0.3, 0.4) is 0 Å². The molecule has 0 saturated carbocycles. The fourth-order valence-corrected chi connectivity index (χ4v) is 4.96. The van der Waals surface area contributed by atoms with E-state index in [1.165, 1.54) is 26.0 Å². The molecule has 10 atom stereocenters. The zero-order chi connectivity index (χ0) is 29.6. The van der Waals surface area contributed by atoms with Crippen molar-refractivity contribution in [2.24, 2.45) is 0 Å². The molecule has 2 aromatic carbocycles. The number of hydrogen-bond donors (Lipinski definition) is 8. The topological polar surface area (TPSA) is 199 Å². The number of rotatable bonds is 7. The standard InChI is InChI=1S/C26H32Cl2O12/c1-25(35)21(33)19(31)17(9-29)39-23(25)37-15-5-3-11(7-13(15)27)12-4-6-16(14(28)8-12)38-24-26(2,36)22(34)20(32)18(10-30)40-24/h3-8,17-24,29-36H,9-10H2,1-2H3/t17?,18?,19-,20-,21?,22?,23+,24+,25+,26+/m1/s1. The van der Waals surface area contributed by atoms with Gasteiger partial charge in [0.15, 0.2) is 11.2 Å². The highest BCUT2D eigenvalue weighted by Crippen LogP contribution is 2.39. The summed E-state index contributed by atoms with van der Waals surface area (Å²) in [5, 5.41) is 81.0. The Bertz CT molecular complexity index is 1100. The molecule has 2 saturated heterocycles. The van der Waals surface area contributed by atoms with Crippen LogP contribution in [0.2, 0.25) is 10.0 Å². The van der Waals surface area contributed by atoms with E-state index in [0.717, 1.165) is 0 Å². The predicted octanol–water partition coefficient (Wildman–Crippen LogP) is -0.202. The van der Waals surface area contributed by atoms with Crippen molar-refractivity contribution in [3.63, 3.8) is 0 Å². The minimum Gasteiger partial charge on any atom is -0.460 e. The van der Waals surface area contributed by atoms with Gasteiger partial charge in [-0.1, -0.05) is 35.3 Å². The molecule has 0 radical (unpaired) electrons. The third kappa shape index (κ3) is 5.77. The first kappa shape index (κ1) is 31.2. The number of halogens is 2. The minimum absolute atomic E-state index is 0.0953. The quantitative estimate of drug-likeness (QED) is 0.207. The Labute approximate surface area is 239 Å². The summed E-state index contributed by atoms with van der Waals surface area (Å²) in [5.74, 6) is 0.191. The van der Waals surface area contributed by atoms with Gasteiger partial charge in [-0.25, -0.2) is 0 Å². The van der Waals surface area contributed by atoms with E-state index in [2.05, 4.69) is 0 Å². The second-order valence-corrected chi connectivity index (χ2v) is 11.0. The lowest BCUT2D eigenvalue weighted by Crippen LogP contribution is -2.66. The zero-order valence-electron chi connectivity index (χ0n) is 21.5. The normalized spacial score (nSPS) is 38.2. The van der Waals surface area contributed by atoms with E-state index in [0.29, 0.717) is 11.1 Å². The fourth-order valence-electron chi connectivity index (χ4n) is 4.51. The van der Waals surface area contributed by atoms with Crippen molar-refractivity contribution in [1.82, 2.24) is 0 Å². The van der Waals surface area contributed by atoms with Gasteiger partial charge in [-0.3, -0.25) is 0 Å². The van der Waals surface area contributed by atoms with Gasteiger partial charge in [0.05, 0.1) is 23.3 Å². The van der Waals surface area contributed by atoms with Gasteiger partial charge >= 0.3 is 0 Å². The minimum atomic E-state index is -2.02. The molecule has 2 aliphatic heterocycles. The Morgan fingerprint density at radius 1 is 0.700 bits per heavy atom. The van der Waals surface area contributed by atoms with E-state index in [1.54, 1.807) is 24.3 Å². The monoisotopic (exact) mass is 606 g/mol. The molecule has 2 aliphatic rings. The number of aliphatic hydroxyl groups is 8. The first-order valence-electron chi connectivity index (χ1n) is 12.3. The van der Waals surface area contributed by atoms with E-state index in [9.17, 15) is 40.9 Å². The van der Waals surface area contributed by atoms with Crippen molar-refractivity contribution >= 4 is 23.2 Å². The van der Waals surface area contributed by atoms with Gasteiger partial charge in [0, 0.05) is 0 Å². The lowest BCUT2D eigenvalue weighted by atomic mass is 9.88. The Morgan fingerprint density at radius 3 is 1.35 bits per heavy atom. The van der Waals surface area contributed by atoms with Crippen LogP contribution in [0.1, 0.15) is 13.8 Å². The first-order chi connectivity index (χ1) is 18.7. The summed E-state index contributed by atoms with van der Waals surface area (Å²) in [6.45, 7) is 1.21. The average molecular weight is 607 g/mol. The lowest BCUT2D eigenvalue weighted by Gasteiger charge is -2.45. The second-order valence-electron chi connectivity index (χ2n) is 10.2. The molecule has 8 N–H and O–H groups in total. The molecule has 2 fully saturated rings. The molecule has 0 amide bonds. The zero-order valence-corrected chi connectivity index (χ0v) is 23.0. The molecular weight excluding hydrogens is 575 g/mol. The summed E-state index contributed by atoms with van der Waals surface area (Å²) in [6.07, 6.45) is -11.7. The molecule has 0 spiro atoms. The third-order valence-corrected chi connectivity index (χ3v) is 7.77. The van der Waals surface area contributed by atoms with E-state index in [-0.39, 0.29) is 21.5 Å². The number of aliphatic hydroxyl groups excluding tert-OH is 6. The number of hydrogen-bond acceptors (Lipinski definition) is 12. The van der Waals surface area contributed by atoms with Crippen molar-refractivity contribution in [1.29, 1.82) is 0 Å². The lowest BCUT2D eigenvalue weighted by molar-refractivity contribution is -0.314. The molecule has 0 aromatic heterocycles. The van der Waals surface area contributed by atoms with Gasteiger partial charge in [-0.2, -0.15) is 0 Å². The van der Waals surface area contributed by atoms with Gasteiger partial charge in [0.25, 0.3) is 0 Å². The molecule has 12 nitrogen and oxygen atoms in total. The smallest absolute Gasteiger partial charge is 0.231 e. The maximum atomic E-state index is 10.7. The molecule has 4 unspecified atom stereocenters. The summed E-state index contributed by atoms with van der Waals surface area (Å²) in [6, 6.07) is 9.37. The van der Waals surface area contributed by atoms with Crippen LogP contribution in [-0.4, -0.2) is 114 Å². The highest BCUT2D eigenvalue weighted by molar-refractivity contribution is 6.33. The average Bonchev–Trinajstić information content (AvgIpc) is 2.91. The molecule has 0 bridgehead atoms. The Hall–Kier alpha value is -1.78. The van der Waals surface area contributed by atoms with Crippen LogP contribution in [0.5, 0.6) is 11.5 Å². The highest BCUT2D eigenvalue weighted by atomic mass is 35.5. The van der Waals surface area contributed by atoms with Gasteiger partial charge in [-0.05, 0) is 49.2 Å². The van der Waals surface area contributed by atoms with E-state index in [4.69, 9.17) is 42.1 Å².